The van der Waals surface area contributed by atoms with Gasteiger partial charge in [0.25, 0.3) is 0 Å². The molecule has 1 fully saturated rings. The lowest BCUT2D eigenvalue weighted by molar-refractivity contribution is -0.133. The molecule has 2 aliphatic rings. The Hall–Kier alpha value is -1.55. The lowest BCUT2D eigenvalue weighted by atomic mass is 9.82. The lowest BCUT2D eigenvalue weighted by Gasteiger charge is -2.43. The second kappa shape index (κ2) is 8.44. The van der Waals surface area contributed by atoms with E-state index in [1.54, 1.807) is 12.1 Å². The van der Waals surface area contributed by atoms with Crippen LogP contribution in [0.15, 0.2) is 42.5 Å². The maximum absolute atomic E-state index is 13.1. The van der Waals surface area contributed by atoms with Crippen molar-refractivity contribution in [1.29, 1.82) is 0 Å². The van der Waals surface area contributed by atoms with Gasteiger partial charge < -0.3 is 4.90 Å². The summed E-state index contributed by atoms with van der Waals surface area (Å²) < 4.78 is 0. The van der Waals surface area contributed by atoms with Crippen molar-refractivity contribution in [3.8, 4) is 0 Å². The van der Waals surface area contributed by atoms with Crippen molar-refractivity contribution in [3.05, 3.63) is 69.2 Å². The molecule has 2 atom stereocenters. The number of amides is 1. The number of nitrogens with zero attached hydrogens (tertiary/aromatic N) is 2. The number of rotatable bonds is 4. The van der Waals surface area contributed by atoms with Crippen LogP contribution in [-0.4, -0.2) is 41.9 Å². The molecule has 28 heavy (non-hydrogen) atoms. The van der Waals surface area contributed by atoms with Gasteiger partial charge in [-0.15, -0.1) is 0 Å². The maximum Gasteiger partial charge on any atom is 0.227 e. The highest BCUT2D eigenvalue weighted by molar-refractivity contribution is 6.42. The van der Waals surface area contributed by atoms with Gasteiger partial charge in [-0.25, -0.2) is 0 Å². The summed E-state index contributed by atoms with van der Waals surface area (Å²) in [5, 5.41) is 1.01. The average Bonchev–Trinajstić information content (AvgIpc) is 3.23. The summed E-state index contributed by atoms with van der Waals surface area (Å²) in [6.07, 6.45) is 4.86. The quantitative estimate of drug-likeness (QED) is 0.687. The molecule has 148 valence electrons. The molecule has 0 N–H and O–H groups in total. The third-order valence-electron chi connectivity index (χ3n) is 6.21. The predicted octanol–water partition coefficient (Wildman–Crippen LogP) is 5.15. The second-order valence-corrected chi connectivity index (χ2v) is 8.74. The molecule has 1 amide bonds. The number of likely N-dealkylation sites (N-methyl/N-ethyl adjacent to an activating group) is 1. The Bertz CT molecular complexity index is 863. The molecular weight excluding hydrogens is 391 g/mol. The van der Waals surface area contributed by atoms with Crippen molar-refractivity contribution in [1.82, 2.24) is 9.80 Å². The van der Waals surface area contributed by atoms with Crippen molar-refractivity contribution in [3.63, 3.8) is 0 Å². The molecule has 0 saturated carbocycles. The lowest BCUT2D eigenvalue weighted by Crippen LogP contribution is -2.49. The van der Waals surface area contributed by atoms with Gasteiger partial charge in [0.2, 0.25) is 5.91 Å². The van der Waals surface area contributed by atoms with Crippen molar-refractivity contribution in [2.24, 2.45) is 0 Å². The van der Waals surface area contributed by atoms with Gasteiger partial charge in [0, 0.05) is 7.05 Å². The molecule has 1 heterocycles. The van der Waals surface area contributed by atoms with Crippen LogP contribution in [0.4, 0.5) is 0 Å². The molecule has 2 aromatic carbocycles. The van der Waals surface area contributed by atoms with E-state index in [0.717, 1.165) is 31.5 Å². The molecule has 1 aliphatic heterocycles. The Kier molecular flexibility index (Phi) is 5.96. The number of benzene rings is 2. The van der Waals surface area contributed by atoms with Crippen LogP contribution in [-0.2, 0) is 17.6 Å². The number of halogens is 2. The minimum absolute atomic E-state index is 0.131. The second-order valence-electron chi connectivity index (χ2n) is 7.92. The topological polar surface area (TPSA) is 23.6 Å². The van der Waals surface area contributed by atoms with E-state index >= 15 is 0 Å². The van der Waals surface area contributed by atoms with E-state index in [-0.39, 0.29) is 18.0 Å². The van der Waals surface area contributed by atoms with E-state index < -0.39 is 0 Å². The summed E-state index contributed by atoms with van der Waals surface area (Å²) in [4.78, 5) is 17.7. The summed E-state index contributed by atoms with van der Waals surface area (Å²) in [7, 11) is 1.96. The molecule has 1 saturated heterocycles. The highest BCUT2D eigenvalue weighted by Crippen LogP contribution is 2.38. The minimum atomic E-state index is 0.131. The smallest absolute Gasteiger partial charge is 0.227 e. The average molecular weight is 417 g/mol. The third-order valence-corrected chi connectivity index (χ3v) is 6.95. The van der Waals surface area contributed by atoms with Crippen molar-refractivity contribution < 1.29 is 4.79 Å². The van der Waals surface area contributed by atoms with Gasteiger partial charge in [-0.2, -0.15) is 0 Å². The molecule has 3 nitrogen and oxygen atoms in total. The summed E-state index contributed by atoms with van der Waals surface area (Å²) in [6, 6.07) is 14.7. The fourth-order valence-electron chi connectivity index (χ4n) is 4.72. The van der Waals surface area contributed by atoms with Gasteiger partial charge in [0.1, 0.15) is 0 Å². The molecular formula is C23H26Cl2N2O. The molecule has 2 aromatic rings. The van der Waals surface area contributed by atoms with Gasteiger partial charge in [-0.05, 0) is 67.6 Å². The predicted molar refractivity (Wildman–Crippen MR) is 115 cm³/mol. The van der Waals surface area contributed by atoms with Crippen LogP contribution in [0, 0.1) is 0 Å². The highest BCUT2D eigenvalue weighted by atomic mass is 35.5. The Balaban J connectivity index is 1.57. The van der Waals surface area contributed by atoms with Gasteiger partial charge in [-0.3, -0.25) is 9.69 Å². The van der Waals surface area contributed by atoms with Crippen LogP contribution < -0.4 is 0 Å². The molecule has 0 unspecified atom stereocenters. The zero-order chi connectivity index (χ0) is 19.7. The largest absolute Gasteiger partial charge is 0.341 e. The van der Waals surface area contributed by atoms with Crippen LogP contribution in [0.5, 0.6) is 0 Å². The van der Waals surface area contributed by atoms with E-state index in [1.807, 2.05) is 18.0 Å². The minimum Gasteiger partial charge on any atom is -0.341 e. The fraction of sp³-hybridized carbons (Fsp3) is 0.435. The normalized spacial score (nSPS) is 22.1. The Morgan fingerprint density at radius 1 is 1.11 bits per heavy atom. The van der Waals surface area contributed by atoms with E-state index in [4.69, 9.17) is 23.2 Å². The SMILES string of the molecule is CN(C(=O)Cc1ccc(Cl)c(Cl)c1)[C@H]1CCc2ccccc2[C@@H]1N1CCCC1. The summed E-state index contributed by atoms with van der Waals surface area (Å²) >= 11 is 12.1. The van der Waals surface area contributed by atoms with Crippen molar-refractivity contribution in [2.45, 2.75) is 44.2 Å². The Morgan fingerprint density at radius 3 is 2.61 bits per heavy atom. The zero-order valence-electron chi connectivity index (χ0n) is 16.2. The van der Waals surface area contributed by atoms with Gasteiger partial charge in [0.05, 0.1) is 28.5 Å². The monoisotopic (exact) mass is 416 g/mol. The molecule has 0 spiro atoms. The van der Waals surface area contributed by atoms with Crippen molar-refractivity contribution in [2.75, 3.05) is 20.1 Å². The number of aryl methyl sites for hydroxylation is 1. The first-order valence-corrected chi connectivity index (χ1v) is 10.8. The Labute approximate surface area is 177 Å². The Morgan fingerprint density at radius 2 is 1.86 bits per heavy atom. The number of fused-ring (bicyclic) bond motifs is 1. The number of carbonyl (C=O) groups excluding carboxylic acids is 1. The first-order chi connectivity index (χ1) is 13.5. The van der Waals surface area contributed by atoms with Crippen LogP contribution in [0.2, 0.25) is 10.0 Å². The molecule has 5 heteroatoms. The molecule has 0 radical (unpaired) electrons. The van der Waals surface area contributed by atoms with E-state index in [2.05, 4.69) is 29.2 Å². The third kappa shape index (κ3) is 3.94. The van der Waals surface area contributed by atoms with Gasteiger partial charge >= 0.3 is 0 Å². The highest BCUT2D eigenvalue weighted by Gasteiger charge is 2.38. The van der Waals surface area contributed by atoms with Crippen LogP contribution in [0.25, 0.3) is 0 Å². The number of hydrogen-bond donors (Lipinski definition) is 0. The molecule has 4 rings (SSSR count). The number of likely N-dealkylation sites (tertiary alicyclic amines) is 1. The molecule has 0 bridgehead atoms. The van der Waals surface area contributed by atoms with E-state index in [0.29, 0.717) is 16.5 Å². The van der Waals surface area contributed by atoms with Crippen LogP contribution >= 0.6 is 23.2 Å². The van der Waals surface area contributed by atoms with Gasteiger partial charge in [-0.1, -0.05) is 53.5 Å². The summed E-state index contributed by atoms with van der Waals surface area (Å²) in [5.74, 6) is 0.131. The van der Waals surface area contributed by atoms with Crippen LogP contribution in [0.1, 0.15) is 42.0 Å². The van der Waals surface area contributed by atoms with Crippen molar-refractivity contribution >= 4 is 29.1 Å². The fourth-order valence-corrected chi connectivity index (χ4v) is 5.04. The summed E-state index contributed by atoms with van der Waals surface area (Å²) in [5.41, 5.74) is 3.73. The summed E-state index contributed by atoms with van der Waals surface area (Å²) in [6.45, 7) is 2.23. The number of carbonyl (C=O) groups is 1. The first-order valence-electron chi connectivity index (χ1n) is 10.1. The maximum atomic E-state index is 13.1. The van der Waals surface area contributed by atoms with Crippen LogP contribution in [0.3, 0.4) is 0 Å². The molecule has 0 aromatic heterocycles. The first kappa shape index (κ1) is 19.8. The van der Waals surface area contributed by atoms with E-state index in [1.165, 1.54) is 24.0 Å². The standard InChI is InChI=1S/C23H26Cl2N2O/c1-26(22(28)15-16-8-10-19(24)20(25)14-16)21-11-9-17-6-2-3-7-18(17)23(21)27-12-4-5-13-27/h2-3,6-8,10,14,21,23H,4-5,9,11-13,15H2,1H3/t21-,23-/m0/s1. The molecule has 1 aliphatic carbocycles. The number of hydrogen-bond acceptors (Lipinski definition) is 2. The van der Waals surface area contributed by atoms with Gasteiger partial charge in [0.15, 0.2) is 0 Å². The zero-order valence-corrected chi connectivity index (χ0v) is 17.7. The van der Waals surface area contributed by atoms with E-state index in [9.17, 15) is 4.79 Å².